The summed E-state index contributed by atoms with van der Waals surface area (Å²) in [6.45, 7) is 5.63. The van der Waals surface area contributed by atoms with Crippen LogP contribution in [0.3, 0.4) is 0 Å². The Morgan fingerprint density at radius 1 is 1.57 bits per heavy atom. The lowest BCUT2D eigenvalue weighted by atomic mass is 10.1. The molecule has 1 unspecified atom stereocenters. The van der Waals surface area contributed by atoms with E-state index in [9.17, 15) is 4.79 Å². The fraction of sp³-hybridized carbons (Fsp3) is 0.667. The number of anilines is 1. The van der Waals surface area contributed by atoms with Crippen molar-refractivity contribution in [3.05, 3.63) is 17.7 Å². The number of hydrogen-bond donors (Lipinski definition) is 2. The molecule has 2 rings (SSSR count). The molecule has 6 nitrogen and oxygen atoms in total. The van der Waals surface area contributed by atoms with E-state index in [0.29, 0.717) is 29.7 Å². The molecule has 116 valence electrons. The number of aromatic nitrogens is 2. The summed E-state index contributed by atoms with van der Waals surface area (Å²) in [7, 11) is 1.77. The van der Waals surface area contributed by atoms with Crippen LogP contribution in [0.2, 0.25) is 0 Å². The van der Waals surface area contributed by atoms with Crippen LogP contribution in [0.15, 0.2) is 6.20 Å². The summed E-state index contributed by atoms with van der Waals surface area (Å²) in [5, 5.41) is 12.0. The van der Waals surface area contributed by atoms with Crippen LogP contribution >= 0.6 is 0 Å². The second kappa shape index (κ2) is 6.85. The van der Waals surface area contributed by atoms with Crippen molar-refractivity contribution < 1.29 is 9.90 Å². The molecule has 2 heterocycles. The summed E-state index contributed by atoms with van der Waals surface area (Å²) >= 11 is 0. The van der Waals surface area contributed by atoms with Crippen molar-refractivity contribution >= 4 is 11.6 Å². The van der Waals surface area contributed by atoms with Crippen molar-refractivity contribution in [2.75, 3.05) is 32.1 Å². The first-order valence-corrected chi connectivity index (χ1v) is 7.51. The summed E-state index contributed by atoms with van der Waals surface area (Å²) in [5.41, 5.74) is 1.11. The molecule has 0 aromatic carbocycles. The van der Waals surface area contributed by atoms with Gasteiger partial charge in [0.2, 0.25) is 0 Å². The van der Waals surface area contributed by atoms with Crippen LogP contribution in [-0.2, 0) is 0 Å². The SMILES string of the molecule is CNc1cnc(C(C)C)nc1C(=O)N1CCC(CCO)C1. The van der Waals surface area contributed by atoms with E-state index in [4.69, 9.17) is 5.11 Å². The van der Waals surface area contributed by atoms with Gasteiger partial charge < -0.3 is 15.3 Å². The molecule has 1 aliphatic heterocycles. The molecule has 0 aliphatic carbocycles. The Hall–Kier alpha value is -1.69. The van der Waals surface area contributed by atoms with Crippen LogP contribution < -0.4 is 5.32 Å². The van der Waals surface area contributed by atoms with Crippen LogP contribution in [0.5, 0.6) is 0 Å². The van der Waals surface area contributed by atoms with Crippen LogP contribution in [0.25, 0.3) is 0 Å². The van der Waals surface area contributed by atoms with Gasteiger partial charge in [0.1, 0.15) is 5.82 Å². The fourth-order valence-corrected chi connectivity index (χ4v) is 2.60. The standard InChI is InChI=1S/C15H24N4O2/c1-10(2)14-17-8-12(16-3)13(18-14)15(21)19-6-4-11(9-19)5-7-20/h8,10-11,16,20H,4-7,9H2,1-3H3. The Morgan fingerprint density at radius 3 is 2.95 bits per heavy atom. The maximum Gasteiger partial charge on any atom is 0.274 e. The van der Waals surface area contributed by atoms with Crippen LogP contribution in [0, 0.1) is 5.92 Å². The molecule has 6 heteroatoms. The van der Waals surface area contributed by atoms with Crippen LogP contribution in [0.1, 0.15) is 48.9 Å². The summed E-state index contributed by atoms with van der Waals surface area (Å²) in [5.74, 6) is 1.21. The number of carbonyl (C=O) groups excluding carboxylic acids is 1. The Balaban J connectivity index is 2.20. The van der Waals surface area contributed by atoms with E-state index in [2.05, 4.69) is 15.3 Å². The highest BCUT2D eigenvalue weighted by molar-refractivity contribution is 5.97. The van der Waals surface area contributed by atoms with E-state index >= 15 is 0 Å². The topological polar surface area (TPSA) is 78.4 Å². The second-order valence-corrected chi connectivity index (χ2v) is 5.81. The lowest BCUT2D eigenvalue weighted by molar-refractivity contribution is 0.0779. The first-order chi connectivity index (χ1) is 10.1. The number of carbonyl (C=O) groups is 1. The van der Waals surface area contributed by atoms with E-state index in [0.717, 1.165) is 19.4 Å². The summed E-state index contributed by atoms with van der Waals surface area (Å²) < 4.78 is 0. The second-order valence-electron chi connectivity index (χ2n) is 5.81. The molecule has 1 atom stereocenters. The minimum Gasteiger partial charge on any atom is -0.396 e. The van der Waals surface area contributed by atoms with E-state index in [1.54, 1.807) is 13.2 Å². The molecule has 21 heavy (non-hydrogen) atoms. The predicted octanol–water partition coefficient (Wildman–Crippen LogP) is 1.49. The zero-order chi connectivity index (χ0) is 15.4. The monoisotopic (exact) mass is 292 g/mol. The third-order valence-electron chi connectivity index (χ3n) is 3.91. The van der Waals surface area contributed by atoms with E-state index < -0.39 is 0 Å². The molecular formula is C15H24N4O2. The largest absolute Gasteiger partial charge is 0.396 e. The molecule has 1 aromatic rings. The van der Waals surface area contributed by atoms with Gasteiger partial charge in [0.15, 0.2) is 5.69 Å². The number of rotatable bonds is 5. The normalized spacial score (nSPS) is 18.3. The highest BCUT2D eigenvalue weighted by Crippen LogP contribution is 2.23. The van der Waals surface area contributed by atoms with Gasteiger partial charge in [-0.2, -0.15) is 0 Å². The molecule has 1 amide bonds. The predicted molar refractivity (Wildman–Crippen MR) is 81.4 cm³/mol. The quantitative estimate of drug-likeness (QED) is 0.859. The van der Waals surface area contributed by atoms with Gasteiger partial charge in [-0.1, -0.05) is 13.8 Å². The number of aliphatic hydroxyl groups excluding tert-OH is 1. The minimum absolute atomic E-state index is 0.0518. The smallest absolute Gasteiger partial charge is 0.274 e. The molecular weight excluding hydrogens is 268 g/mol. The van der Waals surface area contributed by atoms with E-state index in [1.807, 2.05) is 18.7 Å². The maximum atomic E-state index is 12.7. The Bertz CT molecular complexity index is 504. The van der Waals surface area contributed by atoms with Crippen molar-refractivity contribution in [1.82, 2.24) is 14.9 Å². The lowest BCUT2D eigenvalue weighted by Gasteiger charge is -2.18. The summed E-state index contributed by atoms with van der Waals surface area (Å²) in [4.78, 5) is 23.2. The minimum atomic E-state index is -0.0518. The number of amides is 1. The highest BCUT2D eigenvalue weighted by atomic mass is 16.3. The first-order valence-electron chi connectivity index (χ1n) is 7.51. The molecule has 0 bridgehead atoms. The van der Waals surface area contributed by atoms with Gasteiger partial charge in [-0.25, -0.2) is 9.97 Å². The van der Waals surface area contributed by atoms with Crippen molar-refractivity contribution in [2.45, 2.75) is 32.6 Å². The third-order valence-corrected chi connectivity index (χ3v) is 3.91. The Morgan fingerprint density at radius 2 is 2.33 bits per heavy atom. The molecule has 1 saturated heterocycles. The third kappa shape index (κ3) is 3.50. The number of nitrogens with one attached hydrogen (secondary N) is 1. The van der Waals surface area contributed by atoms with Crippen molar-refractivity contribution in [2.24, 2.45) is 5.92 Å². The Labute approximate surface area is 125 Å². The van der Waals surface area contributed by atoms with Crippen molar-refractivity contribution in [3.8, 4) is 0 Å². The molecule has 2 N–H and O–H groups in total. The van der Waals surface area contributed by atoms with Crippen molar-refractivity contribution in [3.63, 3.8) is 0 Å². The maximum absolute atomic E-state index is 12.7. The average molecular weight is 292 g/mol. The summed E-state index contributed by atoms with van der Waals surface area (Å²) in [6.07, 6.45) is 3.38. The zero-order valence-corrected chi connectivity index (χ0v) is 13.0. The lowest BCUT2D eigenvalue weighted by Crippen LogP contribution is -2.30. The average Bonchev–Trinajstić information content (AvgIpc) is 2.94. The van der Waals surface area contributed by atoms with Crippen LogP contribution in [0.4, 0.5) is 5.69 Å². The Kier molecular flexibility index (Phi) is 5.12. The summed E-state index contributed by atoms with van der Waals surface area (Å²) in [6, 6.07) is 0. The van der Waals surface area contributed by atoms with E-state index in [-0.39, 0.29) is 18.4 Å². The zero-order valence-electron chi connectivity index (χ0n) is 13.0. The van der Waals surface area contributed by atoms with Gasteiger partial charge in [-0.05, 0) is 18.8 Å². The molecule has 0 radical (unpaired) electrons. The fourth-order valence-electron chi connectivity index (χ4n) is 2.60. The molecule has 0 saturated carbocycles. The molecule has 1 aromatic heterocycles. The molecule has 1 fully saturated rings. The van der Waals surface area contributed by atoms with Gasteiger partial charge >= 0.3 is 0 Å². The van der Waals surface area contributed by atoms with Gasteiger partial charge in [-0.3, -0.25) is 4.79 Å². The number of likely N-dealkylation sites (tertiary alicyclic amines) is 1. The van der Waals surface area contributed by atoms with Gasteiger partial charge in [-0.15, -0.1) is 0 Å². The highest BCUT2D eigenvalue weighted by Gasteiger charge is 2.29. The number of hydrogen-bond acceptors (Lipinski definition) is 5. The molecule has 1 aliphatic rings. The van der Waals surface area contributed by atoms with Gasteiger partial charge in [0.25, 0.3) is 5.91 Å². The first kappa shape index (κ1) is 15.7. The van der Waals surface area contributed by atoms with Crippen molar-refractivity contribution in [1.29, 1.82) is 0 Å². The van der Waals surface area contributed by atoms with E-state index in [1.165, 1.54) is 0 Å². The van der Waals surface area contributed by atoms with Gasteiger partial charge in [0, 0.05) is 32.7 Å². The van der Waals surface area contributed by atoms with Crippen LogP contribution in [-0.4, -0.2) is 52.6 Å². The van der Waals surface area contributed by atoms with Gasteiger partial charge in [0.05, 0.1) is 11.9 Å². The number of nitrogens with zero attached hydrogens (tertiary/aromatic N) is 3. The molecule has 0 spiro atoms. The number of aliphatic hydroxyl groups is 1.